The van der Waals surface area contributed by atoms with E-state index in [-0.39, 0.29) is 6.23 Å². The van der Waals surface area contributed by atoms with Gasteiger partial charge in [-0.2, -0.15) is 0 Å². The molecule has 108 valence electrons. The predicted octanol–water partition coefficient (Wildman–Crippen LogP) is 3.11. The smallest absolute Gasteiger partial charge is 0.165 e. The minimum atomic E-state index is 0.0644. The van der Waals surface area contributed by atoms with Gasteiger partial charge in [0.05, 0.1) is 18.1 Å². The Hall–Kier alpha value is -1.49. The van der Waals surface area contributed by atoms with Crippen molar-refractivity contribution in [2.24, 2.45) is 5.92 Å². The number of fused-ring (bicyclic) bond motifs is 1. The van der Waals surface area contributed by atoms with E-state index in [2.05, 4.69) is 40.3 Å². The summed E-state index contributed by atoms with van der Waals surface area (Å²) in [6.45, 7) is 6.52. The largest absolute Gasteiger partial charge is 0.354 e. The zero-order valence-corrected chi connectivity index (χ0v) is 12.4. The number of rotatable bonds is 4. The summed E-state index contributed by atoms with van der Waals surface area (Å²) in [6, 6.07) is 0. The summed E-state index contributed by atoms with van der Waals surface area (Å²) in [6.07, 6.45) is 8.05. The summed E-state index contributed by atoms with van der Waals surface area (Å²) < 4.78 is 8.28. The van der Waals surface area contributed by atoms with Crippen LogP contribution in [0, 0.1) is 5.92 Å². The molecule has 20 heavy (non-hydrogen) atoms. The first-order valence-corrected chi connectivity index (χ1v) is 7.60. The summed E-state index contributed by atoms with van der Waals surface area (Å²) in [5.41, 5.74) is 2.81. The molecule has 5 heteroatoms. The highest BCUT2D eigenvalue weighted by Crippen LogP contribution is 2.37. The highest BCUT2D eigenvalue weighted by Gasteiger charge is 2.34. The molecule has 3 rings (SSSR count). The average Bonchev–Trinajstić information content (AvgIpc) is 3.09. The van der Waals surface area contributed by atoms with E-state index in [1.165, 1.54) is 0 Å². The first-order valence-electron chi connectivity index (χ1n) is 7.60. The van der Waals surface area contributed by atoms with Gasteiger partial charge in [0.15, 0.2) is 5.65 Å². The van der Waals surface area contributed by atoms with E-state index in [9.17, 15) is 0 Å². The zero-order valence-electron chi connectivity index (χ0n) is 12.4. The van der Waals surface area contributed by atoms with Crippen LogP contribution in [-0.4, -0.2) is 25.6 Å². The van der Waals surface area contributed by atoms with Crippen LogP contribution in [0.2, 0.25) is 0 Å². The molecule has 1 aliphatic rings. The van der Waals surface area contributed by atoms with Crippen molar-refractivity contribution in [3.05, 3.63) is 18.3 Å². The Kier molecular flexibility index (Phi) is 3.70. The molecule has 2 aromatic heterocycles. The molecule has 3 unspecified atom stereocenters. The van der Waals surface area contributed by atoms with E-state index < -0.39 is 0 Å². The van der Waals surface area contributed by atoms with Gasteiger partial charge in [0.25, 0.3) is 0 Å². The van der Waals surface area contributed by atoms with E-state index in [1.807, 2.05) is 6.33 Å². The fraction of sp³-hybridized carbons (Fsp3) is 0.667. The maximum absolute atomic E-state index is 6.20. The number of ether oxygens (including phenoxy) is 1. The summed E-state index contributed by atoms with van der Waals surface area (Å²) in [5.74, 6) is 0.634. The first kappa shape index (κ1) is 13.5. The van der Waals surface area contributed by atoms with Crippen molar-refractivity contribution in [2.75, 3.05) is 0 Å². The predicted molar refractivity (Wildman–Crippen MR) is 77.3 cm³/mol. The normalized spacial score (nSPS) is 26.4. The van der Waals surface area contributed by atoms with Crippen LogP contribution in [0.15, 0.2) is 12.7 Å². The zero-order chi connectivity index (χ0) is 14.1. The van der Waals surface area contributed by atoms with Gasteiger partial charge in [-0.15, -0.1) is 0 Å². The second-order valence-corrected chi connectivity index (χ2v) is 5.44. The fourth-order valence-corrected chi connectivity index (χ4v) is 3.19. The molecule has 2 aromatic rings. The third-order valence-corrected chi connectivity index (χ3v) is 4.37. The fourth-order valence-electron chi connectivity index (χ4n) is 3.19. The molecular formula is C15H22N4O. The Bertz CT molecular complexity index is 583. The van der Waals surface area contributed by atoms with E-state index >= 15 is 0 Å². The lowest BCUT2D eigenvalue weighted by molar-refractivity contribution is -0.00446. The summed E-state index contributed by atoms with van der Waals surface area (Å²) in [4.78, 5) is 13.2. The number of hydrogen-bond acceptors (Lipinski definition) is 4. The second kappa shape index (κ2) is 5.48. The van der Waals surface area contributed by atoms with Gasteiger partial charge in [0.1, 0.15) is 18.1 Å². The highest BCUT2D eigenvalue weighted by atomic mass is 16.5. The molecular weight excluding hydrogens is 252 g/mol. The van der Waals surface area contributed by atoms with Crippen molar-refractivity contribution < 1.29 is 4.74 Å². The minimum absolute atomic E-state index is 0.0644. The molecule has 0 N–H and O–H groups in total. The van der Waals surface area contributed by atoms with Gasteiger partial charge in [-0.3, -0.25) is 4.57 Å². The Labute approximate surface area is 119 Å². The van der Waals surface area contributed by atoms with Gasteiger partial charge >= 0.3 is 0 Å². The van der Waals surface area contributed by atoms with Gasteiger partial charge in [-0.05, 0) is 25.2 Å². The van der Waals surface area contributed by atoms with Gasteiger partial charge in [-0.25, -0.2) is 15.0 Å². The third-order valence-electron chi connectivity index (χ3n) is 4.37. The second-order valence-electron chi connectivity index (χ2n) is 5.44. The van der Waals surface area contributed by atoms with Crippen LogP contribution in [0.3, 0.4) is 0 Å². The molecule has 5 nitrogen and oxygen atoms in total. The number of hydrogen-bond donors (Lipinski definition) is 0. The van der Waals surface area contributed by atoms with E-state index in [0.717, 1.165) is 42.5 Å². The van der Waals surface area contributed by atoms with Crippen LogP contribution in [0.5, 0.6) is 0 Å². The van der Waals surface area contributed by atoms with Crippen molar-refractivity contribution in [3.8, 4) is 0 Å². The topological polar surface area (TPSA) is 52.8 Å². The van der Waals surface area contributed by atoms with E-state index in [4.69, 9.17) is 4.74 Å². The molecule has 3 atom stereocenters. The number of aromatic nitrogens is 4. The number of aryl methyl sites for hydroxylation is 1. The monoisotopic (exact) mass is 274 g/mol. The first-order chi connectivity index (χ1) is 9.78. The third kappa shape index (κ3) is 2.10. The lowest BCUT2D eigenvalue weighted by Gasteiger charge is -2.15. The SMILES string of the molecule is CCc1ncnc2c1ncn2C1CC(CC)C(CC)O1. The Morgan fingerprint density at radius 1 is 1.20 bits per heavy atom. The Morgan fingerprint density at radius 3 is 2.70 bits per heavy atom. The Balaban J connectivity index is 1.96. The maximum atomic E-state index is 6.20. The molecule has 3 heterocycles. The lowest BCUT2D eigenvalue weighted by atomic mass is 9.96. The van der Waals surface area contributed by atoms with Crippen molar-refractivity contribution in [1.82, 2.24) is 19.5 Å². The lowest BCUT2D eigenvalue weighted by Crippen LogP contribution is -2.14. The molecule has 0 aliphatic carbocycles. The summed E-state index contributed by atoms with van der Waals surface area (Å²) in [5, 5.41) is 0. The highest BCUT2D eigenvalue weighted by molar-refractivity contribution is 5.73. The Morgan fingerprint density at radius 2 is 2.05 bits per heavy atom. The van der Waals surface area contributed by atoms with Crippen LogP contribution in [0.25, 0.3) is 11.2 Å². The van der Waals surface area contributed by atoms with Crippen molar-refractivity contribution in [1.29, 1.82) is 0 Å². The number of imidazole rings is 1. The molecule has 0 bridgehead atoms. The van der Waals surface area contributed by atoms with Gasteiger partial charge < -0.3 is 4.74 Å². The maximum Gasteiger partial charge on any atom is 0.165 e. The van der Waals surface area contributed by atoms with Crippen molar-refractivity contribution in [2.45, 2.75) is 58.8 Å². The summed E-state index contributed by atoms with van der Waals surface area (Å²) in [7, 11) is 0. The van der Waals surface area contributed by atoms with Crippen LogP contribution in [0.1, 0.15) is 52.0 Å². The number of nitrogens with zero attached hydrogens (tertiary/aromatic N) is 4. The van der Waals surface area contributed by atoms with Crippen LogP contribution in [-0.2, 0) is 11.2 Å². The molecule has 1 aliphatic heterocycles. The molecule has 0 amide bonds. The van der Waals surface area contributed by atoms with E-state index in [1.54, 1.807) is 6.33 Å². The molecule has 1 fully saturated rings. The molecule has 0 spiro atoms. The van der Waals surface area contributed by atoms with Crippen molar-refractivity contribution >= 4 is 11.2 Å². The van der Waals surface area contributed by atoms with Crippen LogP contribution >= 0.6 is 0 Å². The molecule has 0 radical (unpaired) electrons. The molecule has 0 aromatic carbocycles. The quantitative estimate of drug-likeness (QED) is 0.859. The molecule has 1 saturated heterocycles. The van der Waals surface area contributed by atoms with E-state index in [0.29, 0.717) is 12.0 Å². The summed E-state index contributed by atoms with van der Waals surface area (Å²) >= 11 is 0. The van der Waals surface area contributed by atoms with Crippen LogP contribution in [0.4, 0.5) is 0 Å². The van der Waals surface area contributed by atoms with Gasteiger partial charge in [0, 0.05) is 0 Å². The molecule has 0 saturated carbocycles. The van der Waals surface area contributed by atoms with Crippen molar-refractivity contribution in [3.63, 3.8) is 0 Å². The van der Waals surface area contributed by atoms with Gasteiger partial charge in [-0.1, -0.05) is 27.2 Å². The van der Waals surface area contributed by atoms with Gasteiger partial charge in [0.2, 0.25) is 0 Å². The standard InChI is InChI=1S/C15H22N4O/c1-4-10-7-13(20-12(10)6-3)19-9-18-14-11(5-2)16-8-17-15(14)19/h8-10,12-13H,4-7H2,1-3H3. The van der Waals surface area contributed by atoms with Crippen LogP contribution < -0.4 is 0 Å². The minimum Gasteiger partial charge on any atom is -0.354 e. The average molecular weight is 274 g/mol.